The Morgan fingerprint density at radius 2 is 1.26 bits per heavy atom. The Balaban J connectivity index is 1.61. The number of hydrogen-bond donors (Lipinski definition) is 0. The zero-order valence-electron chi connectivity index (χ0n) is 19.2. The van der Waals surface area contributed by atoms with Gasteiger partial charge in [0, 0.05) is 17.3 Å². The van der Waals surface area contributed by atoms with Crippen LogP contribution in [0.3, 0.4) is 0 Å². The summed E-state index contributed by atoms with van der Waals surface area (Å²) in [7, 11) is 0. The first-order chi connectivity index (χ1) is 15.2. The van der Waals surface area contributed by atoms with E-state index in [1.165, 1.54) is 50.5 Å². The number of aryl methyl sites for hydroxylation is 2. The van der Waals surface area contributed by atoms with Crippen molar-refractivity contribution in [2.75, 3.05) is 0 Å². The van der Waals surface area contributed by atoms with Crippen molar-refractivity contribution in [1.29, 1.82) is 0 Å². The Kier molecular flexibility index (Phi) is 9.27. The van der Waals surface area contributed by atoms with E-state index < -0.39 is 0 Å². The maximum atomic E-state index is 14.7. The molecule has 2 aromatic carbocycles. The first-order valence-electron chi connectivity index (χ1n) is 12.1. The summed E-state index contributed by atoms with van der Waals surface area (Å²) in [6.45, 7) is 4.45. The molecule has 0 aliphatic carbocycles. The maximum absolute atomic E-state index is 14.7. The number of unbranched alkanes of at least 4 members (excludes halogenated alkanes) is 6. The van der Waals surface area contributed by atoms with E-state index in [4.69, 9.17) is 0 Å². The smallest absolute Gasteiger partial charge is 0.131 e. The molecule has 0 bridgehead atoms. The van der Waals surface area contributed by atoms with Crippen LogP contribution in [0.1, 0.15) is 76.3 Å². The highest BCUT2D eigenvalue weighted by Gasteiger charge is 2.08. The van der Waals surface area contributed by atoms with Gasteiger partial charge in [-0.2, -0.15) is 0 Å². The van der Waals surface area contributed by atoms with Gasteiger partial charge in [0.05, 0.1) is 5.69 Å². The van der Waals surface area contributed by atoms with Gasteiger partial charge in [-0.15, -0.1) is 0 Å². The van der Waals surface area contributed by atoms with E-state index in [-0.39, 0.29) is 5.82 Å². The molecule has 0 saturated carbocycles. The number of aromatic nitrogens is 1. The number of halogens is 1. The Morgan fingerprint density at radius 1 is 0.645 bits per heavy atom. The van der Waals surface area contributed by atoms with Gasteiger partial charge in [0.25, 0.3) is 0 Å². The molecule has 0 radical (unpaired) electrons. The molecule has 2 heteroatoms. The lowest BCUT2D eigenvalue weighted by Gasteiger charge is -2.08. The minimum Gasteiger partial charge on any atom is -0.256 e. The highest BCUT2D eigenvalue weighted by molar-refractivity contribution is 5.69. The molecule has 164 valence electrons. The van der Waals surface area contributed by atoms with Gasteiger partial charge in [-0.25, -0.2) is 4.39 Å². The van der Waals surface area contributed by atoms with Crippen LogP contribution in [0, 0.1) is 5.82 Å². The summed E-state index contributed by atoms with van der Waals surface area (Å²) in [5.41, 5.74) is 5.99. The fourth-order valence-corrected chi connectivity index (χ4v) is 4.02. The molecule has 0 fully saturated rings. The summed E-state index contributed by atoms with van der Waals surface area (Å²) in [6, 6.07) is 18.0. The summed E-state index contributed by atoms with van der Waals surface area (Å²) in [5, 5.41) is 0. The van der Waals surface area contributed by atoms with Crippen LogP contribution < -0.4 is 0 Å². The Morgan fingerprint density at radius 3 is 1.94 bits per heavy atom. The molecule has 0 amide bonds. The van der Waals surface area contributed by atoms with E-state index >= 15 is 0 Å². The van der Waals surface area contributed by atoms with Crippen molar-refractivity contribution in [2.45, 2.75) is 78.1 Å². The first-order valence-corrected chi connectivity index (χ1v) is 12.1. The average Bonchev–Trinajstić information content (AvgIpc) is 2.80. The largest absolute Gasteiger partial charge is 0.256 e. The van der Waals surface area contributed by atoms with Gasteiger partial charge in [0.2, 0.25) is 0 Å². The third kappa shape index (κ3) is 7.02. The molecule has 0 atom stereocenters. The highest BCUT2D eigenvalue weighted by atomic mass is 19.1. The zero-order valence-corrected chi connectivity index (χ0v) is 19.2. The summed E-state index contributed by atoms with van der Waals surface area (Å²) in [4.78, 5) is 4.63. The van der Waals surface area contributed by atoms with Crippen molar-refractivity contribution in [3.05, 3.63) is 77.7 Å². The molecule has 1 heterocycles. The van der Waals surface area contributed by atoms with Crippen LogP contribution in [0.5, 0.6) is 0 Å². The van der Waals surface area contributed by atoms with E-state index in [0.717, 1.165) is 41.6 Å². The van der Waals surface area contributed by atoms with Crippen LogP contribution in [-0.4, -0.2) is 4.98 Å². The van der Waals surface area contributed by atoms with Crippen molar-refractivity contribution >= 4 is 0 Å². The molecule has 1 nitrogen and oxygen atoms in total. The molecule has 0 aliphatic rings. The second-order valence-electron chi connectivity index (χ2n) is 8.56. The number of rotatable bonds is 12. The molecule has 0 aliphatic heterocycles. The van der Waals surface area contributed by atoms with E-state index in [0.29, 0.717) is 5.56 Å². The summed E-state index contributed by atoms with van der Waals surface area (Å²) < 4.78 is 14.7. The molecule has 3 aromatic rings. The Bertz CT molecular complexity index is 912. The van der Waals surface area contributed by atoms with Gasteiger partial charge in [-0.3, -0.25) is 4.98 Å². The Labute approximate surface area is 187 Å². The van der Waals surface area contributed by atoms with E-state index in [9.17, 15) is 4.39 Å². The molecule has 0 N–H and O–H groups in total. The number of hydrogen-bond acceptors (Lipinski definition) is 1. The standard InChI is InChI=1S/C29H36FN/c1-3-5-7-8-10-11-23-13-19-27(28(30)21-23)25-15-17-26(18-16-25)29-20-14-24(22-31-29)12-9-6-4-2/h13-22H,3-12H2,1-2H3. The minimum atomic E-state index is -0.131. The van der Waals surface area contributed by atoms with E-state index in [1.807, 2.05) is 36.5 Å². The van der Waals surface area contributed by atoms with E-state index in [2.05, 4.69) is 37.0 Å². The average molecular weight is 418 g/mol. The predicted octanol–water partition coefficient (Wildman–Crippen LogP) is 8.80. The van der Waals surface area contributed by atoms with Crippen molar-refractivity contribution in [2.24, 2.45) is 0 Å². The van der Waals surface area contributed by atoms with Crippen LogP contribution >= 0.6 is 0 Å². The molecule has 3 rings (SSSR count). The highest BCUT2D eigenvalue weighted by Crippen LogP contribution is 2.27. The third-order valence-corrected chi connectivity index (χ3v) is 5.99. The quantitative estimate of drug-likeness (QED) is 0.268. The Hall–Kier alpha value is -2.48. The SMILES string of the molecule is CCCCCCCc1ccc(-c2ccc(-c3ccc(CCCCC)cn3)cc2)c(F)c1. The van der Waals surface area contributed by atoms with Crippen LogP contribution in [0.15, 0.2) is 60.8 Å². The predicted molar refractivity (Wildman–Crippen MR) is 131 cm³/mol. The van der Waals surface area contributed by atoms with Gasteiger partial charge in [-0.1, -0.05) is 94.8 Å². The molecule has 0 saturated heterocycles. The van der Waals surface area contributed by atoms with Crippen LogP contribution in [-0.2, 0) is 12.8 Å². The number of nitrogens with zero attached hydrogens (tertiary/aromatic N) is 1. The zero-order chi connectivity index (χ0) is 21.9. The molecule has 0 unspecified atom stereocenters. The lowest BCUT2D eigenvalue weighted by atomic mass is 9.98. The number of pyridine rings is 1. The van der Waals surface area contributed by atoms with E-state index in [1.54, 1.807) is 6.07 Å². The molecule has 31 heavy (non-hydrogen) atoms. The van der Waals surface area contributed by atoms with Gasteiger partial charge in [0.15, 0.2) is 0 Å². The summed E-state index contributed by atoms with van der Waals surface area (Å²) >= 11 is 0. The number of benzene rings is 2. The van der Waals surface area contributed by atoms with Gasteiger partial charge in [0.1, 0.15) is 5.82 Å². The fraction of sp³-hybridized carbons (Fsp3) is 0.414. The summed E-state index contributed by atoms with van der Waals surface area (Å²) in [6.07, 6.45) is 13.9. The van der Waals surface area contributed by atoms with Crippen LogP contribution in [0.2, 0.25) is 0 Å². The second kappa shape index (κ2) is 12.4. The normalized spacial score (nSPS) is 11.1. The van der Waals surface area contributed by atoms with Crippen LogP contribution in [0.25, 0.3) is 22.4 Å². The van der Waals surface area contributed by atoms with Crippen molar-refractivity contribution in [3.63, 3.8) is 0 Å². The van der Waals surface area contributed by atoms with Crippen molar-refractivity contribution in [3.8, 4) is 22.4 Å². The van der Waals surface area contributed by atoms with Gasteiger partial charge < -0.3 is 0 Å². The van der Waals surface area contributed by atoms with Gasteiger partial charge >= 0.3 is 0 Å². The third-order valence-electron chi connectivity index (χ3n) is 5.99. The molecular formula is C29H36FN. The molecule has 0 spiro atoms. The fourth-order valence-electron chi connectivity index (χ4n) is 4.02. The summed E-state index contributed by atoms with van der Waals surface area (Å²) in [5.74, 6) is -0.131. The lowest BCUT2D eigenvalue weighted by Crippen LogP contribution is -1.92. The first kappa shape index (κ1) is 23.2. The maximum Gasteiger partial charge on any atom is 0.131 e. The van der Waals surface area contributed by atoms with Crippen molar-refractivity contribution < 1.29 is 4.39 Å². The van der Waals surface area contributed by atoms with Gasteiger partial charge in [-0.05, 0) is 54.5 Å². The molecular weight excluding hydrogens is 381 g/mol. The monoisotopic (exact) mass is 417 g/mol. The van der Waals surface area contributed by atoms with Crippen LogP contribution in [0.4, 0.5) is 4.39 Å². The lowest BCUT2D eigenvalue weighted by molar-refractivity contribution is 0.618. The second-order valence-corrected chi connectivity index (χ2v) is 8.56. The minimum absolute atomic E-state index is 0.131. The van der Waals surface area contributed by atoms with Crippen molar-refractivity contribution in [1.82, 2.24) is 4.98 Å². The topological polar surface area (TPSA) is 12.9 Å². The molecule has 1 aromatic heterocycles.